The highest BCUT2D eigenvalue weighted by molar-refractivity contribution is 7.80. The van der Waals surface area contributed by atoms with E-state index in [4.69, 9.17) is 12.2 Å². The third-order valence-electron chi connectivity index (χ3n) is 4.71. The maximum atomic E-state index is 14.0. The van der Waals surface area contributed by atoms with Crippen LogP contribution < -0.4 is 10.6 Å². The van der Waals surface area contributed by atoms with Crippen LogP contribution in [0.2, 0.25) is 0 Å². The zero-order valence-corrected chi connectivity index (χ0v) is 17.2. The van der Waals surface area contributed by atoms with E-state index in [0.717, 1.165) is 10.4 Å². The number of hydrogen-bond acceptors (Lipinski definition) is 3. The Balaban J connectivity index is 1.86. The average molecular weight is 444 g/mol. The van der Waals surface area contributed by atoms with Crippen LogP contribution in [0.4, 0.5) is 33.3 Å². The van der Waals surface area contributed by atoms with Gasteiger partial charge in [0.05, 0.1) is 46.8 Å². The van der Waals surface area contributed by atoms with Crippen LogP contribution >= 0.6 is 12.2 Å². The first kappa shape index (κ1) is 21.7. The molecule has 3 rings (SSSR count). The second-order valence-electron chi connectivity index (χ2n) is 6.60. The van der Waals surface area contributed by atoms with Gasteiger partial charge in [0.15, 0.2) is 28.4 Å². The van der Waals surface area contributed by atoms with Crippen LogP contribution in [0.1, 0.15) is 22.6 Å². The van der Waals surface area contributed by atoms with Gasteiger partial charge in [-0.15, -0.1) is 0 Å². The molecule has 0 saturated carbocycles. The molecule has 0 unspecified atom stereocenters. The van der Waals surface area contributed by atoms with Crippen molar-refractivity contribution in [2.75, 3.05) is 10.6 Å². The fourth-order valence-electron chi connectivity index (χ4n) is 2.86. The molecule has 2 heterocycles. The van der Waals surface area contributed by atoms with Crippen LogP contribution in [0.3, 0.4) is 0 Å². The summed E-state index contributed by atoms with van der Waals surface area (Å²) in [5.74, 6) is -9.98. The Morgan fingerprint density at radius 1 is 0.933 bits per heavy atom. The number of anilines is 2. The third kappa shape index (κ3) is 3.74. The number of rotatable bonds is 4. The quantitative estimate of drug-likeness (QED) is 0.275. The monoisotopic (exact) mass is 444 g/mol. The molecule has 0 amide bonds. The summed E-state index contributed by atoms with van der Waals surface area (Å²) in [4.78, 5) is 0. The fraction of sp³-hybridized carbons (Fsp3) is 0.278. The summed E-state index contributed by atoms with van der Waals surface area (Å²) in [6, 6.07) is 0. The highest BCUT2D eigenvalue weighted by Crippen LogP contribution is 2.26. The van der Waals surface area contributed by atoms with E-state index in [2.05, 4.69) is 20.8 Å². The minimum atomic E-state index is -2.20. The van der Waals surface area contributed by atoms with Crippen molar-refractivity contribution < 1.29 is 22.0 Å². The van der Waals surface area contributed by atoms with Crippen LogP contribution in [0.25, 0.3) is 0 Å². The first-order valence-electron chi connectivity index (χ1n) is 8.63. The summed E-state index contributed by atoms with van der Waals surface area (Å²) in [6.07, 6.45) is 1.59. The zero-order chi connectivity index (χ0) is 22.3. The number of aromatic nitrogens is 4. The lowest BCUT2D eigenvalue weighted by Crippen LogP contribution is -2.20. The molecular formula is C18H17F5N6S. The van der Waals surface area contributed by atoms with Gasteiger partial charge in [0.1, 0.15) is 0 Å². The van der Waals surface area contributed by atoms with Gasteiger partial charge in [0.25, 0.3) is 0 Å². The molecule has 0 aliphatic carbocycles. The number of halogens is 5. The van der Waals surface area contributed by atoms with Crippen LogP contribution in [0, 0.1) is 49.9 Å². The summed E-state index contributed by atoms with van der Waals surface area (Å²) in [5, 5.41) is 14.3. The number of nitrogens with zero attached hydrogens (tertiary/aromatic N) is 4. The van der Waals surface area contributed by atoms with Gasteiger partial charge >= 0.3 is 0 Å². The lowest BCUT2D eigenvalue weighted by atomic mass is 10.1. The summed E-state index contributed by atoms with van der Waals surface area (Å²) in [6.45, 7) is 4.38. The number of hydrogen-bond donors (Lipinski definition) is 2. The van der Waals surface area contributed by atoms with Crippen molar-refractivity contribution in [1.29, 1.82) is 0 Å². The molecule has 3 aromatic rings. The SMILES string of the molecule is Cc1nn(Cc2c(F)c(F)c(F)c(F)c2F)c(C)c1NC(=S)Nc1cnn(C)c1C. The molecule has 6 nitrogen and oxygen atoms in total. The second kappa shape index (κ2) is 8.01. The molecule has 2 N–H and O–H groups in total. The average Bonchev–Trinajstić information content (AvgIpc) is 3.15. The Morgan fingerprint density at radius 3 is 2.03 bits per heavy atom. The molecule has 1 aromatic carbocycles. The third-order valence-corrected chi connectivity index (χ3v) is 4.92. The molecule has 0 bridgehead atoms. The fourth-order valence-corrected chi connectivity index (χ4v) is 3.07. The minimum Gasteiger partial charge on any atom is -0.330 e. The first-order valence-corrected chi connectivity index (χ1v) is 9.04. The molecule has 0 saturated heterocycles. The Hall–Kier alpha value is -3.02. The molecule has 0 radical (unpaired) electrons. The summed E-state index contributed by atoms with van der Waals surface area (Å²) in [7, 11) is 1.77. The Morgan fingerprint density at radius 2 is 1.50 bits per heavy atom. The van der Waals surface area contributed by atoms with Crippen molar-refractivity contribution >= 4 is 28.7 Å². The number of aryl methyl sites for hydroxylation is 2. The number of thiocarbonyl (C=S) groups is 1. The smallest absolute Gasteiger partial charge is 0.200 e. The first-order chi connectivity index (χ1) is 14.0. The molecule has 0 fully saturated rings. The van der Waals surface area contributed by atoms with E-state index in [9.17, 15) is 22.0 Å². The van der Waals surface area contributed by atoms with Crippen molar-refractivity contribution in [2.45, 2.75) is 27.3 Å². The highest BCUT2D eigenvalue weighted by atomic mass is 32.1. The van der Waals surface area contributed by atoms with Crippen molar-refractivity contribution in [2.24, 2.45) is 7.05 Å². The van der Waals surface area contributed by atoms with Gasteiger partial charge in [-0.1, -0.05) is 0 Å². The van der Waals surface area contributed by atoms with Gasteiger partial charge in [-0.25, -0.2) is 22.0 Å². The Kier molecular flexibility index (Phi) is 5.79. The molecule has 160 valence electrons. The molecule has 12 heteroatoms. The molecule has 30 heavy (non-hydrogen) atoms. The molecule has 0 aliphatic heterocycles. The predicted molar refractivity (Wildman–Crippen MR) is 105 cm³/mol. The van der Waals surface area contributed by atoms with Crippen molar-refractivity contribution in [3.05, 3.63) is 57.9 Å². The van der Waals surface area contributed by atoms with Crippen LogP contribution in [-0.2, 0) is 13.6 Å². The van der Waals surface area contributed by atoms with E-state index in [-0.39, 0.29) is 5.11 Å². The van der Waals surface area contributed by atoms with Gasteiger partial charge in [-0.3, -0.25) is 9.36 Å². The van der Waals surface area contributed by atoms with E-state index >= 15 is 0 Å². The summed E-state index contributed by atoms with van der Waals surface area (Å²) >= 11 is 5.28. The molecular weight excluding hydrogens is 427 g/mol. The molecule has 2 aromatic heterocycles. The highest BCUT2D eigenvalue weighted by Gasteiger charge is 2.26. The Bertz CT molecular complexity index is 1120. The summed E-state index contributed by atoms with van der Waals surface area (Å²) < 4.78 is 71.0. The van der Waals surface area contributed by atoms with Gasteiger partial charge < -0.3 is 10.6 Å². The predicted octanol–water partition coefficient (Wildman–Crippen LogP) is 4.09. The lowest BCUT2D eigenvalue weighted by Gasteiger charge is -2.12. The van der Waals surface area contributed by atoms with Gasteiger partial charge in [-0.05, 0) is 33.0 Å². The maximum absolute atomic E-state index is 14.0. The minimum absolute atomic E-state index is 0.216. The maximum Gasteiger partial charge on any atom is 0.200 e. The van der Waals surface area contributed by atoms with Gasteiger partial charge in [0, 0.05) is 7.05 Å². The van der Waals surface area contributed by atoms with Gasteiger partial charge in [-0.2, -0.15) is 10.2 Å². The second-order valence-corrected chi connectivity index (χ2v) is 7.01. The van der Waals surface area contributed by atoms with E-state index in [1.54, 1.807) is 31.8 Å². The normalized spacial score (nSPS) is 11.1. The van der Waals surface area contributed by atoms with Crippen LogP contribution in [0.15, 0.2) is 6.20 Å². The van der Waals surface area contributed by atoms with Crippen LogP contribution in [0.5, 0.6) is 0 Å². The number of benzene rings is 1. The van der Waals surface area contributed by atoms with E-state index in [0.29, 0.717) is 22.8 Å². The van der Waals surface area contributed by atoms with Crippen molar-refractivity contribution in [3.63, 3.8) is 0 Å². The standard InChI is InChI=1S/C18H17F5N6S/c1-7-17(26-18(30)25-11-5-24-28(4)8(11)2)9(3)29(27-7)6-10-12(19)14(21)16(23)15(22)13(10)20/h5H,6H2,1-4H3,(H2,25,26,30). The molecule has 0 atom stereocenters. The topological polar surface area (TPSA) is 59.7 Å². The van der Waals surface area contributed by atoms with E-state index < -0.39 is 41.2 Å². The lowest BCUT2D eigenvalue weighted by molar-refractivity contribution is 0.366. The number of nitrogens with one attached hydrogen (secondary N) is 2. The largest absolute Gasteiger partial charge is 0.330 e. The van der Waals surface area contributed by atoms with Crippen LogP contribution in [-0.4, -0.2) is 24.7 Å². The van der Waals surface area contributed by atoms with Crippen molar-refractivity contribution in [3.8, 4) is 0 Å². The molecule has 0 spiro atoms. The van der Waals surface area contributed by atoms with E-state index in [1.807, 2.05) is 6.92 Å². The van der Waals surface area contributed by atoms with Gasteiger partial charge in [0.2, 0.25) is 5.82 Å². The van der Waals surface area contributed by atoms with E-state index in [1.165, 1.54) is 0 Å². The Labute approximate surface area is 173 Å². The zero-order valence-electron chi connectivity index (χ0n) is 16.4. The van der Waals surface area contributed by atoms with Crippen molar-refractivity contribution in [1.82, 2.24) is 19.6 Å². The summed E-state index contributed by atoms with van der Waals surface area (Å²) in [5.41, 5.74) is 1.80. The molecule has 0 aliphatic rings.